The molecule has 1 heterocycles. The number of anilines is 2. The van der Waals surface area contributed by atoms with E-state index in [1.807, 2.05) is 0 Å². The molecule has 2 aromatic rings. The molecule has 0 aromatic heterocycles. The number of hydrogen-bond donors (Lipinski definition) is 0. The van der Waals surface area contributed by atoms with Crippen molar-refractivity contribution in [3.63, 3.8) is 0 Å². The SMILES string of the molecule is COC1(/C=C/c2ccc(N(C)C)cc2)N(C)c2ccccc2C1(C)C. The third-order valence-electron chi connectivity index (χ3n) is 5.55. The van der Waals surface area contributed by atoms with Gasteiger partial charge in [0.1, 0.15) is 0 Å². The van der Waals surface area contributed by atoms with Gasteiger partial charge in [0.05, 0.1) is 0 Å². The third kappa shape index (κ3) is 2.63. The fraction of sp³-hybridized carbons (Fsp3) is 0.364. The second-order valence-corrected chi connectivity index (χ2v) is 7.42. The lowest BCUT2D eigenvalue weighted by atomic mass is 9.77. The van der Waals surface area contributed by atoms with Crippen LogP contribution in [0.2, 0.25) is 0 Å². The molecule has 0 amide bonds. The first-order valence-electron chi connectivity index (χ1n) is 8.68. The van der Waals surface area contributed by atoms with Gasteiger partial charge >= 0.3 is 0 Å². The molecule has 0 saturated carbocycles. The summed E-state index contributed by atoms with van der Waals surface area (Å²) in [5.41, 5.74) is 4.23. The lowest BCUT2D eigenvalue weighted by molar-refractivity contribution is -0.0121. The van der Waals surface area contributed by atoms with E-state index < -0.39 is 5.72 Å². The topological polar surface area (TPSA) is 15.7 Å². The molecule has 1 aliphatic heterocycles. The number of hydrogen-bond acceptors (Lipinski definition) is 3. The number of fused-ring (bicyclic) bond motifs is 1. The number of ether oxygens (including phenoxy) is 1. The number of rotatable bonds is 4. The monoisotopic (exact) mass is 336 g/mol. The van der Waals surface area contributed by atoms with Crippen LogP contribution < -0.4 is 9.80 Å². The molecule has 3 heteroatoms. The van der Waals surface area contributed by atoms with Gasteiger partial charge in [0, 0.05) is 45.0 Å². The van der Waals surface area contributed by atoms with Gasteiger partial charge in [0.2, 0.25) is 0 Å². The highest BCUT2D eigenvalue weighted by molar-refractivity contribution is 5.68. The Morgan fingerprint density at radius 3 is 2.20 bits per heavy atom. The minimum Gasteiger partial charge on any atom is -0.378 e. The van der Waals surface area contributed by atoms with Crippen molar-refractivity contribution in [2.75, 3.05) is 38.1 Å². The summed E-state index contributed by atoms with van der Waals surface area (Å²) < 4.78 is 6.12. The summed E-state index contributed by atoms with van der Waals surface area (Å²) in [7, 11) is 8.01. The molecule has 0 spiro atoms. The van der Waals surface area contributed by atoms with E-state index in [1.54, 1.807) is 7.11 Å². The zero-order valence-electron chi connectivity index (χ0n) is 16.1. The van der Waals surface area contributed by atoms with Crippen LogP contribution in [0, 0.1) is 0 Å². The molecule has 0 radical (unpaired) electrons. The summed E-state index contributed by atoms with van der Waals surface area (Å²) in [6.07, 6.45) is 4.35. The first-order chi connectivity index (χ1) is 11.8. The molecule has 0 aliphatic carbocycles. The van der Waals surface area contributed by atoms with E-state index in [1.165, 1.54) is 22.5 Å². The van der Waals surface area contributed by atoms with Gasteiger partial charge in [-0.2, -0.15) is 0 Å². The van der Waals surface area contributed by atoms with Gasteiger partial charge in [-0.05, 0) is 35.4 Å². The fourth-order valence-corrected chi connectivity index (χ4v) is 3.96. The molecule has 3 nitrogen and oxygen atoms in total. The van der Waals surface area contributed by atoms with E-state index >= 15 is 0 Å². The predicted octanol–water partition coefficient (Wildman–Crippen LogP) is 4.54. The molecule has 0 saturated heterocycles. The minimum atomic E-state index is -0.517. The van der Waals surface area contributed by atoms with Crippen LogP contribution in [0.5, 0.6) is 0 Å². The second-order valence-electron chi connectivity index (χ2n) is 7.42. The number of likely N-dealkylation sites (N-methyl/N-ethyl adjacent to an activating group) is 1. The molecule has 132 valence electrons. The molecular formula is C22H28N2O. The highest BCUT2D eigenvalue weighted by Gasteiger charge is 2.54. The van der Waals surface area contributed by atoms with Crippen LogP contribution in [-0.2, 0) is 10.2 Å². The lowest BCUT2D eigenvalue weighted by Gasteiger charge is -2.43. The number of methoxy groups -OCH3 is 1. The fourth-order valence-electron chi connectivity index (χ4n) is 3.96. The maximum Gasteiger partial charge on any atom is 0.169 e. The van der Waals surface area contributed by atoms with Crippen molar-refractivity contribution in [1.29, 1.82) is 0 Å². The zero-order chi connectivity index (χ0) is 18.2. The Kier molecular flexibility index (Phi) is 4.38. The van der Waals surface area contributed by atoms with Crippen LogP contribution in [0.25, 0.3) is 6.08 Å². The number of para-hydroxylation sites is 1. The smallest absolute Gasteiger partial charge is 0.169 e. The molecule has 25 heavy (non-hydrogen) atoms. The van der Waals surface area contributed by atoms with Crippen LogP contribution in [0.1, 0.15) is 25.0 Å². The van der Waals surface area contributed by atoms with Gasteiger partial charge in [-0.15, -0.1) is 0 Å². The largest absolute Gasteiger partial charge is 0.378 e. The van der Waals surface area contributed by atoms with E-state index in [4.69, 9.17) is 4.74 Å². The van der Waals surface area contributed by atoms with Crippen molar-refractivity contribution < 1.29 is 4.74 Å². The first-order valence-corrected chi connectivity index (χ1v) is 8.68. The average molecular weight is 336 g/mol. The van der Waals surface area contributed by atoms with E-state index in [0.29, 0.717) is 0 Å². The van der Waals surface area contributed by atoms with Crippen molar-refractivity contribution in [1.82, 2.24) is 0 Å². The highest BCUT2D eigenvalue weighted by Crippen LogP contribution is 2.52. The molecule has 1 aliphatic rings. The van der Waals surface area contributed by atoms with Crippen molar-refractivity contribution in [2.45, 2.75) is 25.0 Å². The molecule has 0 fully saturated rings. The van der Waals surface area contributed by atoms with E-state index in [0.717, 1.165) is 0 Å². The lowest BCUT2D eigenvalue weighted by Crippen LogP contribution is -2.54. The standard InChI is InChI=1S/C22H28N2O/c1-21(2)19-9-7-8-10-20(19)24(5)22(21,25-6)16-15-17-11-13-18(14-12-17)23(3)4/h7-16H,1-6H3/b16-15+. The second kappa shape index (κ2) is 6.23. The summed E-state index contributed by atoms with van der Waals surface area (Å²) in [6.45, 7) is 4.50. The van der Waals surface area contributed by atoms with Crippen molar-refractivity contribution >= 4 is 17.5 Å². The van der Waals surface area contributed by atoms with Gasteiger partial charge in [-0.25, -0.2) is 0 Å². The molecule has 0 bridgehead atoms. The van der Waals surface area contributed by atoms with E-state index in [-0.39, 0.29) is 5.41 Å². The Hall–Kier alpha value is -2.26. The minimum absolute atomic E-state index is 0.160. The van der Waals surface area contributed by atoms with Gasteiger partial charge < -0.3 is 14.5 Å². The van der Waals surface area contributed by atoms with Crippen LogP contribution >= 0.6 is 0 Å². The molecule has 0 N–H and O–H groups in total. The van der Waals surface area contributed by atoms with Crippen LogP contribution in [-0.4, -0.2) is 34.0 Å². The predicted molar refractivity (Wildman–Crippen MR) is 107 cm³/mol. The Balaban J connectivity index is 1.99. The van der Waals surface area contributed by atoms with Crippen LogP contribution in [0.3, 0.4) is 0 Å². The summed E-state index contributed by atoms with van der Waals surface area (Å²) >= 11 is 0. The van der Waals surface area contributed by atoms with E-state index in [2.05, 4.69) is 105 Å². The molecule has 2 aromatic carbocycles. The quantitative estimate of drug-likeness (QED) is 0.815. The van der Waals surface area contributed by atoms with Crippen molar-refractivity contribution in [3.05, 3.63) is 65.7 Å². The Morgan fingerprint density at radius 1 is 1.00 bits per heavy atom. The van der Waals surface area contributed by atoms with Crippen LogP contribution in [0.15, 0.2) is 54.6 Å². The summed E-state index contributed by atoms with van der Waals surface area (Å²) in [5, 5.41) is 0. The summed E-state index contributed by atoms with van der Waals surface area (Å²) in [5.74, 6) is 0. The van der Waals surface area contributed by atoms with Crippen LogP contribution in [0.4, 0.5) is 11.4 Å². The molecule has 1 atom stereocenters. The maximum atomic E-state index is 6.12. The third-order valence-corrected chi connectivity index (χ3v) is 5.55. The number of nitrogens with zero attached hydrogens (tertiary/aromatic N) is 2. The Bertz CT molecular complexity index is 777. The van der Waals surface area contributed by atoms with Gasteiger partial charge in [-0.3, -0.25) is 0 Å². The molecule has 1 unspecified atom stereocenters. The van der Waals surface area contributed by atoms with E-state index in [9.17, 15) is 0 Å². The van der Waals surface area contributed by atoms with Crippen molar-refractivity contribution in [2.24, 2.45) is 0 Å². The maximum absolute atomic E-state index is 6.12. The van der Waals surface area contributed by atoms with Gasteiger partial charge in [-0.1, -0.05) is 50.3 Å². The summed E-state index contributed by atoms with van der Waals surface area (Å²) in [4.78, 5) is 4.35. The highest BCUT2D eigenvalue weighted by atomic mass is 16.5. The Morgan fingerprint density at radius 2 is 1.64 bits per heavy atom. The molecule has 3 rings (SSSR count). The number of benzene rings is 2. The Labute approximate surface area is 151 Å². The summed E-state index contributed by atoms with van der Waals surface area (Å²) in [6, 6.07) is 17.1. The normalized spacial score (nSPS) is 21.6. The molecular weight excluding hydrogens is 308 g/mol. The van der Waals surface area contributed by atoms with Gasteiger partial charge in [0.25, 0.3) is 0 Å². The zero-order valence-corrected chi connectivity index (χ0v) is 16.1. The van der Waals surface area contributed by atoms with Gasteiger partial charge in [0.15, 0.2) is 5.72 Å². The first kappa shape index (κ1) is 17.6. The van der Waals surface area contributed by atoms with Crippen molar-refractivity contribution in [3.8, 4) is 0 Å². The average Bonchev–Trinajstić information content (AvgIpc) is 2.78.